The predicted octanol–water partition coefficient (Wildman–Crippen LogP) is 2.92. The van der Waals surface area contributed by atoms with Crippen LogP contribution in [-0.2, 0) is 4.74 Å². The van der Waals surface area contributed by atoms with Gasteiger partial charge in [-0.3, -0.25) is 9.97 Å². The number of hydrogen-bond donors (Lipinski definition) is 3. The summed E-state index contributed by atoms with van der Waals surface area (Å²) in [5.41, 5.74) is 3.49. The Balaban J connectivity index is -0.000000115. The molecule has 50 heavy (non-hydrogen) atoms. The van der Waals surface area contributed by atoms with Gasteiger partial charge in [0.1, 0.15) is 0 Å². The summed E-state index contributed by atoms with van der Waals surface area (Å²) in [6, 6.07) is 22.2. The van der Waals surface area contributed by atoms with Crippen molar-refractivity contribution in [1.82, 2.24) is 30.8 Å². The highest BCUT2D eigenvalue weighted by Gasteiger charge is 2.02. The van der Waals surface area contributed by atoms with Gasteiger partial charge in [-0.25, -0.2) is 0 Å². The number of anilines is 1. The first-order valence-electron chi connectivity index (χ1n) is 16.5. The zero-order chi connectivity index (χ0) is 31.9. The Morgan fingerprint density at radius 1 is 0.600 bits per heavy atom. The van der Waals surface area contributed by atoms with Gasteiger partial charge in [-0.2, -0.15) is 0 Å². The molecular weight excluding hydrogens is 611 g/mol. The monoisotopic (exact) mass is 674 g/mol. The summed E-state index contributed by atoms with van der Waals surface area (Å²) >= 11 is 0. The van der Waals surface area contributed by atoms with Crippen LogP contribution in [0.15, 0.2) is 79.1 Å². The maximum absolute atomic E-state index is 5.10. The van der Waals surface area contributed by atoms with Crippen LogP contribution in [0.5, 0.6) is 0 Å². The van der Waals surface area contributed by atoms with Crippen LogP contribution < -0.4 is 20.9 Å². The molecule has 6 rings (SSSR count). The van der Waals surface area contributed by atoms with E-state index in [1.807, 2.05) is 56.3 Å². The maximum atomic E-state index is 5.10. The van der Waals surface area contributed by atoms with Crippen molar-refractivity contribution in [2.24, 2.45) is 0 Å². The third-order valence-electron chi connectivity index (χ3n) is 6.88. The summed E-state index contributed by atoms with van der Waals surface area (Å²) in [5, 5.41) is 9.73. The molecule has 14 heteroatoms. The number of aromatic nitrogens is 2. The Morgan fingerprint density at radius 2 is 1.04 bits per heavy atom. The number of rotatable bonds is 3. The number of benzene rings is 1. The summed E-state index contributed by atoms with van der Waals surface area (Å²) < 4.78 is 5.10. The molecule has 18 radical (unpaired) electrons. The minimum atomic E-state index is 0. The third kappa shape index (κ3) is 36.8. The van der Waals surface area contributed by atoms with Gasteiger partial charge in [-0.15, -0.1) is 0 Å². The van der Waals surface area contributed by atoms with E-state index in [2.05, 4.69) is 80.9 Å². The Hall–Kier alpha value is -2.49. The number of nitrogens with one attached hydrogen (secondary N) is 3. The van der Waals surface area contributed by atoms with Gasteiger partial charge in [-0.1, -0.05) is 36.8 Å². The molecule has 3 fully saturated rings. The highest BCUT2D eigenvalue weighted by molar-refractivity contribution is 5.76. The fourth-order valence-corrected chi connectivity index (χ4v) is 4.28. The second kappa shape index (κ2) is 44.5. The van der Waals surface area contributed by atoms with Crippen molar-refractivity contribution < 1.29 is 4.74 Å². The van der Waals surface area contributed by atoms with E-state index in [1.165, 1.54) is 38.0 Å². The van der Waals surface area contributed by atoms with Gasteiger partial charge < -0.3 is 30.5 Å². The number of ether oxygens (including phenoxy) is 1. The van der Waals surface area contributed by atoms with E-state index < -0.39 is 0 Å². The number of morpholine rings is 1. The topological polar surface area (TPSA) is 77.6 Å². The summed E-state index contributed by atoms with van der Waals surface area (Å²) in [4.78, 5) is 12.6. The fraction of sp³-hybridized carbons (Fsp3) is 0.556. The molecule has 0 spiro atoms. The number of para-hydroxylation sites is 1. The molecular formula is C36H61B6N7O. The number of likely N-dealkylation sites (N-methyl/N-ethyl adjacent to an activating group) is 1. The number of piperazine rings is 1. The van der Waals surface area contributed by atoms with Crippen LogP contribution in [-0.4, -0.2) is 151 Å². The van der Waals surface area contributed by atoms with E-state index >= 15 is 0 Å². The van der Waals surface area contributed by atoms with Gasteiger partial charge in [0.15, 0.2) is 0 Å². The Labute approximate surface area is 319 Å². The lowest BCUT2D eigenvalue weighted by molar-refractivity contribution is 0.0503. The van der Waals surface area contributed by atoms with Crippen LogP contribution in [0.1, 0.15) is 44.5 Å². The first-order chi connectivity index (χ1) is 21.6. The van der Waals surface area contributed by atoms with Gasteiger partial charge in [0.25, 0.3) is 0 Å². The van der Waals surface area contributed by atoms with Gasteiger partial charge in [0, 0.05) is 132 Å². The molecule has 3 N–H and O–H groups in total. The van der Waals surface area contributed by atoms with Crippen molar-refractivity contribution in [3.05, 3.63) is 90.5 Å². The average Bonchev–Trinajstić information content (AvgIpc) is 3.10. The molecule has 264 valence electrons. The van der Waals surface area contributed by atoms with Crippen LogP contribution in [0, 0.1) is 13.8 Å². The second-order valence-electron chi connectivity index (χ2n) is 10.7. The average molecular weight is 673 g/mol. The minimum absolute atomic E-state index is 0. The number of pyridine rings is 2. The lowest BCUT2D eigenvalue weighted by atomic mass is 10.2. The predicted molar refractivity (Wildman–Crippen MR) is 223 cm³/mol. The summed E-state index contributed by atoms with van der Waals surface area (Å²) in [6.07, 6.45) is 7.72. The first-order valence-corrected chi connectivity index (χ1v) is 16.5. The van der Waals surface area contributed by atoms with Gasteiger partial charge in [-0.05, 0) is 97.1 Å². The number of nitrogens with zero attached hydrogens (tertiary/aromatic N) is 4. The van der Waals surface area contributed by atoms with E-state index in [4.69, 9.17) is 4.74 Å². The molecule has 0 aliphatic carbocycles. The van der Waals surface area contributed by atoms with E-state index in [1.54, 1.807) is 12.4 Å². The Kier molecular flexibility index (Phi) is 53.1. The molecule has 0 amide bonds. The Morgan fingerprint density at radius 3 is 1.28 bits per heavy atom. The standard InChI is InChI=1S/C10H15N.C7H9N.C5H11NO.C5H11N.C5H5N.C4H10N2.6B/c1-3-11(4-2)10-8-6-5-7-9-10;1-6-4-3-5-7(2)8-6;1-6-2-4-7-5-3-6;2*1-2-4-6-5-3-1;1-2-6-4-3-5-1;;;;;;/h5-9H,3-4H2,1-2H3;3-5H,1-2H3;2-5H2,1H3;6H,1-5H2;1-5H;5-6H,1-4H2;;;;;;. The molecule has 3 saturated heterocycles. The van der Waals surface area contributed by atoms with Crippen LogP contribution in [0.2, 0.25) is 0 Å². The van der Waals surface area contributed by atoms with Crippen molar-refractivity contribution in [1.29, 1.82) is 0 Å². The first kappa shape index (κ1) is 59.6. The van der Waals surface area contributed by atoms with E-state index in [9.17, 15) is 0 Å². The molecule has 0 atom stereocenters. The number of aryl methyl sites for hydroxylation is 2. The highest BCUT2D eigenvalue weighted by Crippen LogP contribution is 2.11. The molecule has 3 aliphatic heterocycles. The zero-order valence-corrected chi connectivity index (χ0v) is 31.8. The van der Waals surface area contributed by atoms with Gasteiger partial charge >= 0.3 is 0 Å². The molecule has 0 bridgehead atoms. The summed E-state index contributed by atoms with van der Waals surface area (Å²) in [6.45, 7) is 21.6. The van der Waals surface area contributed by atoms with Crippen LogP contribution >= 0.6 is 0 Å². The Bertz CT molecular complexity index is 924. The molecule has 1 aromatic carbocycles. The molecule has 0 saturated carbocycles. The largest absolute Gasteiger partial charge is 0.379 e. The lowest BCUT2D eigenvalue weighted by Gasteiger charge is -2.21. The van der Waals surface area contributed by atoms with E-state index in [0.717, 1.165) is 77.0 Å². The van der Waals surface area contributed by atoms with Crippen LogP contribution in [0.3, 0.4) is 0 Å². The summed E-state index contributed by atoms with van der Waals surface area (Å²) in [7, 11) is 2.11. The molecule has 8 nitrogen and oxygen atoms in total. The fourth-order valence-electron chi connectivity index (χ4n) is 4.28. The highest BCUT2D eigenvalue weighted by atomic mass is 16.5. The van der Waals surface area contributed by atoms with Gasteiger partial charge in [0.2, 0.25) is 0 Å². The smallest absolute Gasteiger partial charge is 0.0594 e. The van der Waals surface area contributed by atoms with Crippen LogP contribution in [0.25, 0.3) is 0 Å². The molecule has 3 aliphatic rings. The van der Waals surface area contributed by atoms with Crippen molar-refractivity contribution in [2.75, 3.05) is 90.6 Å². The van der Waals surface area contributed by atoms with Gasteiger partial charge in [0.05, 0.1) is 13.2 Å². The minimum Gasteiger partial charge on any atom is -0.379 e. The number of piperidine rings is 1. The van der Waals surface area contributed by atoms with Crippen molar-refractivity contribution in [3.8, 4) is 0 Å². The second-order valence-corrected chi connectivity index (χ2v) is 10.7. The lowest BCUT2D eigenvalue weighted by Crippen LogP contribution is -2.39. The number of hydrogen-bond acceptors (Lipinski definition) is 8. The molecule has 5 heterocycles. The maximum Gasteiger partial charge on any atom is 0.0594 e. The summed E-state index contributed by atoms with van der Waals surface area (Å²) in [5.74, 6) is 0. The van der Waals surface area contributed by atoms with E-state index in [-0.39, 0.29) is 50.5 Å². The normalized spacial score (nSPS) is 13.9. The van der Waals surface area contributed by atoms with Crippen LogP contribution in [0.4, 0.5) is 5.69 Å². The quantitative estimate of drug-likeness (QED) is 0.367. The molecule has 0 unspecified atom stereocenters. The molecule has 3 aromatic rings. The zero-order valence-electron chi connectivity index (χ0n) is 31.8. The molecule has 2 aromatic heterocycles. The van der Waals surface area contributed by atoms with Crippen molar-refractivity contribution in [2.45, 2.75) is 47.0 Å². The van der Waals surface area contributed by atoms with Crippen molar-refractivity contribution in [3.63, 3.8) is 0 Å². The van der Waals surface area contributed by atoms with Crippen molar-refractivity contribution >= 4 is 56.2 Å². The third-order valence-corrected chi connectivity index (χ3v) is 6.88. The SMILES string of the molecule is C1CCNCC1.C1CNCCN1.CCN(CC)c1ccccc1.CN1CCOCC1.Cc1cccc(C)n1.[B].[B].[B].[B].[B].[B].c1ccncc1. The van der Waals surface area contributed by atoms with E-state index in [0.29, 0.717) is 0 Å².